The van der Waals surface area contributed by atoms with Gasteiger partial charge in [-0.05, 0) is 54.5 Å². The summed E-state index contributed by atoms with van der Waals surface area (Å²) in [5.74, 6) is 1.40. The molecule has 1 aliphatic rings. The highest BCUT2D eigenvalue weighted by Crippen LogP contribution is 2.39. The van der Waals surface area contributed by atoms with Gasteiger partial charge in [0.15, 0.2) is 11.5 Å². The summed E-state index contributed by atoms with van der Waals surface area (Å²) in [5.41, 5.74) is 1.64. The number of methoxy groups -OCH3 is 1. The van der Waals surface area contributed by atoms with Gasteiger partial charge in [-0.25, -0.2) is 0 Å². The Balaban J connectivity index is 1.68. The van der Waals surface area contributed by atoms with Crippen LogP contribution in [0.2, 0.25) is 10.0 Å². The summed E-state index contributed by atoms with van der Waals surface area (Å²) < 4.78 is 17.4. The van der Waals surface area contributed by atoms with Crippen molar-refractivity contribution in [2.75, 3.05) is 26.9 Å². The fourth-order valence-electron chi connectivity index (χ4n) is 2.91. The molecule has 32 heavy (non-hydrogen) atoms. The number of ether oxygens (including phenoxy) is 3. The summed E-state index contributed by atoms with van der Waals surface area (Å²) in [6.45, 7) is 6.52. The number of hydrogen-bond donors (Lipinski definition) is 0. The molecule has 0 bridgehead atoms. The predicted octanol–water partition coefficient (Wildman–Crippen LogP) is 6.16. The van der Waals surface area contributed by atoms with Crippen LogP contribution in [0, 0.1) is 6.92 Å². The molecule has 9 heteroatoms. The minimum Gasteiger partial charge on any atom is -0.493 e. The predicted molar refractivity (Wildman–Crippen MR) is 135 cm³/mol. The molecule has 0 spiro atoms. The molecule has 0 unspecified atom stereocenters. The average Bonchev–Trinajstić information content (AvgIpc) is 3.02. The first-order valence-corrected chi connectivity index (χ1v) is 11.6. The van der Waals surface area contributed by atoms with Crippen LogP contribution in [-0.2, 0) is 4.79 Å². The third-order valence-electron chi connectivity index (χ3n) is 4.46. The fraction of sp³-hybridized carbons (Fsp3) is 0.217. The topological polar surface area (TPSA) is 48.0 Å². The Morgan fingerprint density at radius 2 is 1.91 bits per heavy atom. The molecule has 0 N–H and O–H groups in total. The molecule has 5 nitrogen and oxygen atoms in total. The van der Waals surface area contributed by atoms with E-state index in [0.717, 1.165) is 5.56 Å². The zero-order valence-electron chi connectivity index (χ0n) is 17.5. The van der Waals surface area contributed by atoms with Crippen molar-refractivity contribution in [3.63, 3.8) is 0 Å². The van der Waals surface area contributed by atoms with E-state index in [1.54, 1.807) is 36.4 Å². The number of nitrogens with zero attached hydrogens (tertiary/aromatic N) is 1. The van der Waals surface area contributed by atoms with Crippen molar-refractivity contribution in [3.8, 4) is 17.2 Å². The van der Waals surface area contributed by atoms with E-state index in [9.17, 15) is 4.79 Å². The van der Waals surface area contributed by atoms with Crippen molar-refractivity contribution in [1.29, 1.82) is 0 Å². The molecule has 1 fully saturated rings. The minimum absolute atomic E-state index is 0.162. The molecule has 2 aromatic carbocycles. The van der Waals surface area contributed by atoms with E-state index in [1.807, 2.05) is 13.0 Å². The van der Waals surface area contributed by atoms with Crippen molar-refractivity contribution in [3.05, 3.63) is 69.1 Å². The Hall–Kier alpha value is -2.19. The number of thioether (sulfide) groups is 1. The Bertz CT molecular complexity index is 1090. The number of halogens is 2. The zero-order valence-corrected chi connectivity index (χ0v) is 20.7. The van der Waals surface area contributed by atoms with Crippen molar-refractivity contribution >= 4 is 63.5 Å². The van der Waals surface area contributed by atoms with Gasteiger partial charge >= 0.3 is 0 Å². The third kappa shape index (κ3) is 5.78. The van der Waals surface area contributed by atoms with E-state index in [2.05, 4.69) is 6.58 Å². The second kappa shape index (κ2) is 11.1. The lowest BCUT2D eigenvalue weighted by atomic mass is 10.1. The van der Waals surface area contributed by atoms with Gasteiger partial charge in [0.05, 0.1) is 17.0 Å². The Labute approximate surface area is 206 Å². The second-order valence-electron chi connectivity index (χ2n) is 6.72. The van der Waals surface area contributed by atoms with Gasteiger partial charge in [0.25, 0.3) is 5.91 Å². The highest BCUT2D eigenvalue weighted by Gasteiger charge is 2.31. The van der Waals surface area contributed by atoms with Gasteiger partial charge in [0, 0.05) is 11.6 Å². The summed E-state index contributed by atoms with van der Waals surface area (Å²) in [6.07, 6.45) is 3.37. The number of carbonyl (C=O) groups excluding carboxylic acids is 1. The Morgan fingerprint density at radius 3 is 2.59 bits per heavy atom. The van der Waals surface area contributed by atoms with E-state index in [1.165, 1.54) is 23.8 Å². The highest BCUT2D eigenvalue weighted by molar-refractivity contribution is 8.26. The third-order valence-corrected chi connectivity index (χ3v) is 6.55. The Kier molecular flexibility index (Phi) is 8.48. The number of aryl methyl sites for hydroxylation is 1. The molecule has 3 rings (SSSR count). The maximum atomic E-state index is 12.5. The van der Waals surface area contributed by atoms with E-state index in [-0.39, 0.29) is 12.5 Å². The van der Waals surface area contributed by atoms with Crippen molar-refractivity contribution in [2.24, 2.45) is 0 Å². The molecule has 168 valence electrons. The molecule has 0 atom stereocenters. The van der Waals surface area contributed by atoms with Crippen LogP contribution in [0.15, 0.2) is 47.9 Å². The lowest BCUT2D eigenvalue weighted by molar-refractivity contribution is -0.121. The molecular formula is C23H21Cl2NO4S2. The van der Waals surface area contributed by atoms with E-state index >= 15 is 0 Å². The average molecular weight is 510 g/mol. The number of amides is 1. The molecule has 1 saturated heterocycles. The number of hydrogen-bond acceptors (Lipinski definition) is 6. The van der Waals surface area contributed by atoms with Crippen LogP contribution >= 0.6 is 47.2 Å². The largest absolute Gasteiger partial charge is 0.493 e. The summed E-state index contributed by atoms with van der Waals surface area (Å²) in [6, 6.07) is 8.92. The number of thiocarbonyl (C=S) groups is 1. The molecule has 2 aromatic rings. The first-order chi connectivity index (χ1) is 15.3. The molecule has 0 saturated carbocycles. The van der Waals surface area contributed by atoms with Gasteiger partial charge in [-0.2, -0.15) is 0 Å². The fourth-order valence-corrected chi connectivity index (χ4v) is 4.58. The molecule has 0 radical (unpaired) electrons. The highest BCUT2D eigenvalue weighted by atomic mass is 35.5. The van der Waals surface area contributed by atoms with E-state index < -0.39 is 0 Å². The van der Waals surface area contributed by atoms with Crippen LogP contribution < -0.4 is 14.2 Å². The standard InChI is InChI=1S/C23H21Cl2NO4S2/c1-4-7-26-22(27)20(32-23(26)31)13-15-11-18(25)21(19(12-15)28-3)30-9-8-29-16-5-6-17(24)14(2)10-16/h4-6,10-13H,1,7-9H2,2-3H3/b20-13+. The SMILES string of the molecule is C=CCN1C(=O)/C(=C\c2cc(Cl)c(OCCOc3ccc(Cl)c(C)c3)c(OC)c2)SC1=S. The van der Waals surface area contributed by atoms with Gasteiger partial charge in [0.1, 0.15) is 23.3 Å². The molecule has 0 aromatic heterocycles. The van der Waals surface area contributed by atoms with Crippen LogP contribution in [0.25, 0.3) is 6.08 Å². The van der Waals surface area contributed by atoms with Gasteiger partial charge < -0.3 is 14.2 Å². The lowest BCUT2D eigenvalue weighted by Crippen LogP contribution is -2.27. The second-order valence-corrected chi connectivity index (χ2v) is 9.21. The van der Waals surface area contributed by atoms with E-state index in [0.29, 0.717) is 55.2 Å². The normalized spacial score (nSPS) is 14.8. The maximum absolute atomic E-state index is 12.5. The first-order valence-electron chi connectivity index (χ1n) is 9.59. The summed E-state index contributed by atoms with van der Waals surface area (Å²) >= 11 is 19.0. The summed E-state index contributed by atoms with van der Waals surface area (Å²) in [4.78, 5) is 14.5. The molecule has 1 aliphatic heterocycles. The smallest absolute Gasteiger partial charge is 0.266 e. The minimum atomic E-state index is -0.162. The van der Waals surface area contributed by atoms with Crippen LogP contribution in [0.5, 0.6) is 17.2 Å². The van der Waals surface area contributed by atoms with Gasteiger partial charge in [-0.15, -0.1) is 6.58 Å². The monoisotopic (exact) mass is 509 g/mol. The van der Waals surface area contributed by atoms with Crippen LogP contribution in [0.4, 0.5) is 0 Å². The summed E-state index contributed by atoms with van der Waals surface area (Å²) in [5, 5.41) is 1.05. The quantitative estimate of drug-likeness (QED) is 0.174. The van der Waals surface area contributed by atoms with Gasteiger partial charge in [-0.3, -0.25) is 9.69 Å². The molecule has 1 heterocycles. The van der Waals surface area contributed by atoms with Crippen molar-refractivity contribution in [2.45, 2.75) is 6.92 Å². The maximum Gasteiger partial charge on any atom is 0.266 e. The van der Waals surface area contributed by atoms with Crippen molar-refractivity contribution in [1.82, 2.24) is 4.90 Å². The Morgan fingerprint density at radius 1 is 1.16 bits per heavy atom. The number of rotatable bonds is 9. The van der Waals surface area contributed by atoms with Gasteiger partial charge in [-0.1, -0.05) is 53.3 Å². The first kappa shape index (κ1) is 24.5. The van der Waals surface area contributed by atoms with Gasteiger partial charge in [0.2, 0.25) is 0 Å². The van der Waals surface area contributed by atoms with Crippen molar-refractivity contribution < 1.29 is 19.0 Å². The van der Waals surface area contributed by atoms with Crippen LogP contribution in [0.1, 0.15) is 11.1 Å². The van der Waals surface area contributed by atoms with E-state index in [4.69, 9.17) is 49.6 Å². The number of carbonyl (C=O) groups is 1. The molecular weight excluding hydrogens is 489 g/mol. The summed E-state index contributed by atoms with van der Waals surface area (Å²) in [7, 11) is 1.53. The lowest BCUT2D eigenvalue weighted by Gasteiger charge is -2.14. The molecule has 0 aliphatic carbocycles. The zero-order chi connectivity index (χ0) is 23.3. The van der Waals surface area contributed by atoms with Crippen LogP contribution in [0.3, 0.4) is 0 Å². The molecule has 1 amide bonds. The van der Waals surface area contributed by atoms with Crippen LogP contribution in [-0.4, -0.2) is 42.0 Å². The number of benzene rings is 2.